The van der Waals surface area contributed by atoms with Gasteiger partial charge >= 0.3 is 0 Å². The van der Waals surface area contributed by atoms with Crippen molar-refractivity contribution in [2.75, 3.05) is 36.4 Å². The molecule has 5 nitrogen and oxygen atoms in total. The molecule has 1 fully saturated rings. The van der Waals surface area contributed by atoms with E-state index in [2.05, 4.69) is 33.3 Å². The van der Waals surface area contributed by atoms with Crippen LogP contribution in [-0.4, -0.2) is 37.0 Å². The lowest BCUT2D eigenvalue weighted by atomic mass is 10.2. The molecular weight excluding hydrogens is 398 g/mol. The quantitative estimate of drug-likeness (QED) is 0.575. The summed E-state index contributed by atoms with van der Waals surface area (Å²) in [5.41, 5.74) is 3.11. The maximum absolute atomic E-state index is 12.0. The van der Waals surface area contributed by atoms with Crippen LogP contribution in [0, 0.1) is 0 Å². The Labute approximate surface area is 181 Å². The number of amides is 1. The van der Waals surface area contributed by atoms with Crippen LogP contribution in [0.5, 0.6) is 0 Å². The van der Waals surface area contributed by atoms with E-state index >= 15 is 0 Å². The molecule has 1 N–H and O–H groups in total. The third-order valence-corrected chi connectivity index (χ3v) is 5.53. The average molecular weight is 422 g/mol. The Bertz CT molecular complexity index is 992. The molecule has 0 atom stereocenters. The summed E-state index contributed by atoms with van der Waals surface area (Å²) < 4.78 is 5.18. The van der Waals surface area contributed by atoms with Crippen LogP contribution in [0.4, 0.5) is 11.4 Å². The molecule has 4 rings (SSSR count). The Hall–Kier alpha value is -3.02. The number of carbonyl (C=O) groups is 1. The summed E-state index contributed by atoms with van der Waals surface area (Å²) in [6, 6.07) is 19.6. The summed E-state index contributed by atoms with van der Waals surface area (Å²) in [5.74, 6) is 0.460. The molecule has 0 spiro atoms. The van der Waals surface area contributed by atoms with Gasteiger partial charge in [-0.25, -0.2) is 0 Å². The summed E-state index contributed by atoms with van der Waals surface area (Å²) in [7, 11) is 0. The average Bonchev–Trinajstić information content (AvgIpc) is 3.29. The summed E-state index contributed by atoms with van der Waals surface area (Å²) in [4.78, 5) is 16.8. The van der Waals surface area contributed by atoms with E-state index in [1.165, 1.54) is 11.6 Å². The highest BCUT2D eigenvalue weighted by Crippen LogP contribution is 2.22. The topological polar surface area (TPSA) is 48.7 Å². The molecule has 30 heavy (non-hydrogen) atoms. The van der Waals surface area contributed by atoms with Gasteiger partial charge in [-0.1, -0.05) is 29.8 Å². The molecule has 0 radical (unpaired) electrons. The lowest BCUT2D eigenvalue weighted by molar-refractivity contribution is -0.111. The number of benzene rings is 2. The molecule has 1 aromatic heterocycles. The highest BCUT2D eigenvalue weighted by atomic mass is 35.5. The Morgan fingerprint density at radius 1 is 1.00 bits per heavy atom. The van der Waals surface area contributed by atoms with E-state index in [1.54, 1.807) is 24.5 Å². The van der Waals surface area contributed by atoms with Gasteiger partial charge in [0.05, 0.1) is 6.26 Å². The second-order valence-electron chi connectivity index (χ2n) is 7.24. The minimum absolute atomic E-state index is 0.188. The molecule has 1 aliphatic rings. The molecular formula is C24H24ClN3O2. The van der Waals surface area contributed by atoms with Crippen LogP contribution >= 0.6 is 11.6 Å². The minimum atomic E-state index is -0.188. The van der Waals surface area contributed by atoms with E-state index in [1.807, 2.05) is 30.3 Å². The Morgan fingerprint density at radius 3 is 2.47 bits per heavy atom. The number of halogens is 1. The van der Waals surface area contributed by atoms with Crippen molar-refractivity contribution >= 4 is 35.0 Å². The molecule has 2 aromatic carbocycles. The van der Waals surface area contributed by atoms with Crippen molar-refractivity contribution in [2.45, 2.75) is 6.54 Å². The predicted molar refractivity (Wildman–Crippen MR) is 122 cm³/mol. The molecule has 1 aliphatic heterocycles. The first-order valence-corrected chi connectivity index (χ1v) is 10.4. The van der Waals surface area contributed by atoms with E-state index in [4.69, 9.17) is 16.0 Å². The van der Waals surface area contributed by atoms with Gasteiger partial charge in [0, 0.05) is 55.2 Å². The van der Waals surface area contributed by atoms with Crippen LogP contribution in [0.1, 0.15) is 11.3 Å². The normalized spacial score (nSPS) is 14.9. The standard InChI is InChI=1S/C24H24ClN3O2/c25-23-6-2-1-4-19(23)18-27-13-15-28(16-14-27)21-9-7-20(8-10-21)26-24(29)12-11-22-5-3-17-30-22/h1-12,17H,13-16,18H2,(H,26,29)/b12-11+. The Morgan fingerprint density at radius 2 is 1.77 bits per heavy atom. The molecule has 0 unspecified atom stereocenters. The monoisotopic (exact) mass is 421 g/mol. The predicted octanol–water partition coefficient (Wildman–Crippen LogP) is 4.91. The maximum atomic E-state index is 12.0. The van der Waals surface area contributed by atoms with Crippen LogP contribution in [0.2, 0.25) is 5.02 Å². The molecule has 6 heteroatoms. The number of hydrogen-bond donors (Lipinski definition) is 1. The number of furan rings is 1. The van der Waals surface area contributed by atoms with Gasteiger partial charge in [0.15, 0.2) is 0 Å². The molecule has 0 bridgehead atoms. The largest absolute Gasteiger partial charge is 0.465 e. The van der Waals surface area contributed by atoms with E-state index in [-0.39, 0.29) is 5.91 Å². The van der Waals surface area contributed by atoms with Crippen molar-refractivity contribution in [3.05, 3.63) is 89.3 Å². The fraction of sp³-hybridized carbons (Fsp3) is 0.208. The van der Waals surface area contributed by atoms with Crippen molar-refractivity contribution in [1.82, 2.24) is 4.90 Å². The first kappa shape index (κ1) is 20.3. The van der Waals surface area contributed by atoms with Gasteiger partial charge in [0.1, 0.15) is 5.76 Å². The van der Waals surface area contributed by atoms with Gasteiger partial charge in [-0.15, -0.1) is 0 Å². The molecule has 3 aromatic rings. The summed E-state index contributed by atoms with van der Waals surface area (Å²) >= 11 is 6.29. The zero-order valence-electron chi connectivity index (χ0n) is 16.6. The number of carbonyl (C=O) groups excluding carboxylic acids is 1. The number of rotatable bonds is 6. The molecule has 1 amide bonds. The fourth-order valence-electron chi connectivity index (χ4n) is 3.52. The lowest BCUT2D eigenvalue weighted by Gasteiger charge is -2.36. The van der Waals surface area contributed by atoms with Crippen molar-refractivity contribution in [1.29, 1.82) is 0 Å². The van der Waals surface area contributed by atoms with Crippen LogP contribution in [0.3, 0.4) is 0 Å². The summed E-state index contributed by atoms with van der Waals surface area (Å²) in [5, 5.41) is 3.70. The zero-order valence-corrected chi connectivity index (χ0v) is 17.4. The highest BCUT2D eigenvalue weighted by molar-refractivity contribution is 6.31. The Balaban J connectivity index is 1.27. The van der Waals surface area contributed by atoms with Gasteiger partial charge in [-0.3, -0.25) is 9.69 Å². The maximum Gasteiger partial charge on any atom is 0.248 e. The third kappa shape index (κ3) is 5.32. The third-order valence-electron chi connectivity index (χ3n) is 5.17. The molecule has 0 aliphatic carbocycles. The second kappa shape index (κ2) is 9.65. The summed E-state index contributed by atoms with van der Waals surface area (Å²) in [6.45, 7) is 4.77. The Kier molecular flexibility index (Phi) is 6.52. The summed E-state index contributed by atoms with van der Waals surface area (Å²) in [6.07, 6.45) is 4.68. The SMILES string of the molecule is O=C(/C=C/c1ccco1)Nc1ccc(N2CCN(Cc3ccccc3Cl)CC2)cc1. The van der Waals surface area contributed by atoms with Gasteiger partial charge in [0.2, 0.25) is 5.91 Å². The van der Waals surface area contributed by atoms with E-state index in [0.29, 0.717) is 5.76 Å². The molecule has 2 heterocycles. The van der Waals surface area contributed by atoms with E-state index < -0.39 is 0 Å². The van der Waals surface area contributed by atoms with Crippen LogP contribution in [-0.2, 0) is 11.3 Å². The van der Waals surface area contributed by atoms with Crippen molar-refractivity contribution < 1.29 is 9.21 Å². The first-order valence-electron chi connectivity index (χ1n) is 10.0. The van der Waals surface area contributed by atoms with Crippen molar-refractivity contribution in [2.24, 2.45) is 0 Å². The number of anilines is 2. The van der Waals surface area contributed by atoms with Crippen molar-refractivity contribution in [3.63, 3.8) is 0 Å². The fourth-order valence-corrected chi connectivity index (χ4v) is 3.71. The van der Waals surface area contributed by atoms with Gasteiger partial charge in [-0.05, 0) is 54.1 Å². The number of piperazine rings is 1. The highest BCUT2D eigenvalue weighted by Gasteiger charge is 2.18. The smallest absolute Gasteiger partial charge is 0.248 e. The van der Waals surface area contributed by atoms with Crippen LogP contribution in [0.25, 0.3) is 6.08 Å². The van der Waals surface area contributed by atoms with E-state index in [9.17, 15) is 4.79 Å². The van der Waals surface area contributed by atoms with Gasteiger partial charge < -0.3 is 14.6 Å². The van der Waals surface area contributed by atoms with Gasteiger partial charge in [0.25, 0.3) is 0 Å². The van der Waals surface area contributed by atoms with E-state index in [0.717, 1.165) is 49.1 Å². The zero-order chi connectivity index (χ0) is 20.8. The first-order chi connectivity index (χ1) is 14.7. The minimum Gasteiger partial charge on any atom is -0.465 e. The number of nitrogens with one attached hydrogen (secondary N) is 1. The molecule has 0 saturated carbocycles. The number of hydrogen-bond acceptors (Lipinski definition) is 4. The number of nitrogens with zero attached hydrogens (tertiary/aromatic N) is 2. The van der Waals surface area contributed by atoms with Crippen LogP contribution < -0.4 is 10.2 Å². The van der Waals surface area contributed by atoms with Crippen LogP contribution in [0.15, 0.2) is 77.4 Å². The second-order valence-corrected chi connectivity index (χ2v) is 7.65. The lowest BCUT2D eigenvalue weighted by Crippen LogP contribution is -2.46. The van der Waals surface area contributed by atoms with Gasteiger partial charge in [-0.2, -0.15) is 0 Å². The molecule has 154 valence electrons. The van der Waals surface area contributed by atoms with Crippen molar-refractivity contribution in [3.8, 4) is 0 Å². The molecule has 1 saturated heterocycles.